The normalized spacial score (nSPS) is 24.0. The molecule has 3 rings (SSSR count). The molecule has 0 spiro atoms. The van der Waals surface area contributed by atoms with Crippen molar-refractivity contribution in [2.45, 2.75) is 45.4 Å². The molecule has 2 N–H and O–H groups in total. The van der Waals surface area contributed by atoms with Crippen molar-refractivity contribution in [3.05, 3.63) is 28.8 Å². The van der Waals surface area contributed by atoms with Crippen molar-refractivity contribution in [3.8, 4) is 0 Å². The van der Waals surface area contributed by atoms with Crippen molar-refractivity contribution in [1.29, 1.82) is 0 Å². The van der Waals surface area contributed by atoms with E-state index in [9.17, 15) is 4.79 Å². The van der Waals surface area contributed by atoms with Crippen LogP contribution in [0.1, 0.15) is 44.6 Å². The number of piperazine rings is 1. The molecule has 2 aliphatic rings. The minimum atomic E-state index is 0.218. The predicted octanol–water partition coefficient (Wildman–Crippen LogP) is 3.71. The van der Waals surface area contributed by atoms with Gasteiger partial charge in [-0.25, -0.2) is 0 Å². The number of aryl methyl sites for hydroxylation is 1. The quantitative estimate of drug-likeness (QED) is 0.850. The summed E-state index contributed by atoms with van der Waals surface area (Å²) < 4.78 is 0. The first-order chi connectivity index (χ1) is 12.6. The van der Waals surface area contributed by atoms with Crippen molar-refractivity contribution in [2.75, 3.05) is 37.6 Å². The second-order valence-electron chi connectivity index (χ2n) is 7.79. The summed E-state index contributed by atoms with van der Waals surface area (Å²) in [6.07, 6.45) is 6.39. The first kappa shape index (κ1) is 19.5. The average Bonchev–Trinajstić information content (AvgIpc) is 2.68. The first-order valence-corrected chi connectivity index (χ1v) is 10.5. The van der Waals surface area contributed by atoms with Crippen LogP contribution in [0.25, 0.3) is 0 Å². The highest BCUT2D eigenvalue weighted by Crippen LogP contribution is 2.31. The molecule has 1 aromatic rings. The Kier molecular flexibility index (Phi) is 6.82. The highest BCUT2D eigenvalue weighted by atomic mass is 35.5. The number of nitrogens with zero attached hydrogens (tertiary/aromatic N) is 2. The molecule has 144 valence electrons. The Hall–Kier alpha value is -1.26. The molecule has 4 nitrogen and oxygen atoms in total. The van der Waals surface area contributed by atoms with Gasteiger partial charge in [-0.3, -0.25) is 4.79 Å². The maximum Gasteiger partial charge on any atom is 0.225 e. The molecule has 1 aliphatic heterocycles. The minimum absolute atomic E-state index is 0.218. The number of carbonyl (C=O) groups excluding carboxylic acids is 1. The summed E-state index contributed by atoms with van der Waals surface area (Å²) in [5, 5.41) is 0.805. The number of benzene rings is 1. The zero-order chi connectivity index (χ0) is 18.5. The molecule has 26 heavy (non-hydrogen) atoms. The molecule has 1 aromatic carbocycles. The molecule has 1 amide bonds. The van der Waals surface area contributed by atoms with E-state index in [1.165, 1.54) is 11.3 Å². The van der Waals surface area contributed by atoms with Gasteiger partial charge in [-0.1, -0.05) is 24.9 Å². The number of anilines is 1. The lowest BCUT2D eigenvalue weighted by Gasteiger charge is -2.39. The molecular weight excluding hydrogens is 346 g/mol. The maximum absolute atomic E-state index is 12.9. The second-order valence-corrected chi connectivity index (χ2v) is 8.23. The van der Waals surface area contributed by atoms with Gasteiger partial charge in [0, 0.05) is 42.8 Å². The predicted molar refractivity (Wildman–Crippen MR) is 109 cm³/mol. The first-order valence-electron chi connectivity index (χ1n) is 10.1. The molecule has 0 aromatic heterocycles. The monoisotopic (exact) mass is 377 g/mol. The second kappa shape index (κ2) is 9.09. The summed E-state index contributed by atoms with van der Waals surface area (Å²) in [6.45, 7) is 6.42. The zero-order valence-electron chi connectivity index (χ0n) is 15.9. The van der Waals surface area contributed by atoms with E-state index < -0.39 is 0 Å². The van der Waals surface area contributed by atoms with Crippen molar-refractivity contribution in [1.82, 2.24) is 4.90 Å². The van der Waals surface area contributed by atoms with Gasteiger partial charge in [0.05, 0.1) is 0 Å². The molecule has 2 fully saturated rings. The molecule has 0 unspecified atom stereocenters. The van der Waals surface area contributed by atoms with Crippen LogP contribution in [0.5, 0.6) is 0 Å². The third kappa shape index (κ3) is 4.52. The fraction of sp³-hybridized carbons (Fsp3) is 0.667. The highest BCUT2D eigenvalue weighted by molar-refractivity contribution is 6.30. The average molecular weight is 378 g/mol. The Morgan fingerprint density at radius 2 is 1.85 bits per heavy atom. The van der Waals surface area contributed by atoms with E-state index in [-0.39, 0.29) is 5.92 Å². The molecule has 1 aliphatic carbocycles. The third-order valence-corrected chi connectivity index (χ3v) is 6.26. The van der Waals surface area contributed by atoms with Crippen LogP contribution < -0.4 is 10.6 Å². The lowest BCUT2D eigenvalue weighted by Crippen LogP contribution is -2.51. The van der Waals surface area contributed by atoms with E-state index in [0.717, 1.165) is 76.3 Å². The molecular formula is C21H32ClN3O. The summed E-state index contributed by atoms with van der Waals surface area (Å²) in [6, 6.07) is 6.20. The van der Waals surface area contributed by atoms with Crippen molar-refractivity contribution < 1.29 is 4.79 Å². The van der Waals surface area contributed by atoms with E-state index in [4.69, 9.17) is 17.3 Å². The number of halogens is 1. The highest BCUT2D eigenvalue weighted by Gasteiger charge is 2.31. The van der Waals surface area contributed by atoms with Gasteiger partial charge in [-0.15, -0.1) is 0 Å². The van der Waals surface area contributed by atoms with E-state index in [2.05, 4.69) is 28.9 Å². The van der Waals surface area contributed by atoms with Crippen molar-refractivity contribution >= 4 is 23.2 Å². The van der Waals surface area contributed by atoms with Gasteiger partial charge < -0.3 is 15.5 Å². The summed E-state index contributed by atoms with van der Waals surface area (Å²) in [7, 11) is 0. The fourth-order valence-electron chi connectivity index (χ4n) is 4.40. The topological polar surface area (TPSA) is 49.6 Å². The Bertz CT molecular complexity index is 605. The largest absolute Gasteiger partial charge is 0.368 e. The van der Waals surface area contributed by atoms with Gasteiger partial charge >= 0.3 is 0 Å². The van der Waals surface area contributed by atoms with Crippen LogP contribution in [0, 0.1) is 11.8 Å². The Morgan fingerprint density at radius 3 is 2.46 bits per heavy atom. The molecule has 1 saturated carbocycles. The van der Waals surface area contributed by atoms with Crippen LogP contribution in [0.4, 0.5) is 5.69 Å². The Labute approximate surface area is 162 Å². The number of carbonyl (C=O) groups is 1. The van der Waals surface area contributed by atoms with Gasteiger partial charge in [0.15, 0.2) is 0 Å². The summed E-state index contributed by atoms with van der Waals surface area (Å²) in [5.74, 6) is 1.21. The molecule has 5 heteroatoms. The zero-order valence-corrected chi connectivity index (χ0v) is 16.7. The van der Waals surface area contributed by atoms with Gasteiger partial charge in [-0.2, -0.15) is 0 Å². The lowest BCUT2D eigenvalue weighted by atomic mass is 9.81. The number of nitrogens with two attached hydrogens (primary N) is 1. The Morgan fingerprint density at radius 1 is 1.15 bits per heavy atom. The van der Waals surface area contributed by atoms with E-state index in [1.807, 2.05) is 6.07 Å². The summed E-state index contributed by atoms with van der Waals surface area (Å²) >= 11 is 6.18. The van der Waals surface area contributed by atoms with Crippen molar-refractivity contribution in [3.63, 3.8) is 0 Å². The van der Waals surface area contributed by atoms with Gasteiger partial charge in [-0.05, 0) is 68.3 Å². The minimum Gasteiger partial charge on any atom is -0.368 e. The van der Waals surface area contributed by atoms with E-state index in [1.54, 1.807) is 0 Å². The SMILES string of the molecule is CCCc1cc(Cl)ccc1N1CCN(C(=O)C2CCC(CN)CC2)CC1. The standard InChI is InChI=1S/C21H32ClN3O/c1-2-3-18-14-19(22)8-9-20(18)24-10-12-25(13-11-24)21(26)17-6-4-16(15-23)5-7-17/h8-9,14,16-17H,2-7,10-13,15,23H2,1H3. The number of hydrogen-bond acceptors (Lipinski definition) is 3. The van der Waals surface area contributed by atoms with Crippen LogP contribution >= 0.6 is 11.6 Å². The molecule has 0 atom stereocenters. The Balaban J connectivity index is 1.57. The number of amides is 1. The van der Waals surface area contributed by atoms with Crippen LogP contribution in [-0.2, 0) is 11.2 Å². The van der Waals surface area contributed by atoms with Crippen LogP contribution in [0.15, 0.2) is 18.2 Å². The fourth-order valence-corrected chi connectivity index (χ4v) is 4.60. The van der Waals surface area contributed by atoms with Crippen LogP contribution in [0.2, 0.25) is 5.02 Å². The van der Waals surface area contributed by atoms with Gasteiger partial charge in [0.1, 0.15) is 0 Å². The van der Waals surface area contributed by atoms with E-state index in [0.29, 0.717) is 11.8 Å². The number of rotatable bonds is 5. The third-order valence-electron chi connectivity index (χ3n) is 6.02. The van der Waals surface area contributed by atoms with Gasteiger partial charge in [0.25, 0.3) is 0 Å². The van der Waals surface area contributed by atoms with Gasteiger partial charge in [0.2, 0.25) is 5.91 Å². The van der Waals surface area contributed by atoms with Crippen molar-refractivity contribution in [2.24, 2.45) is 17.6 Å². The molecule has 1 heterocycles. The molecule has 1 saturated heterocycles. The smallest absolute Gasteiger partial charge is 0.225 e. The van der Waals surface area contributed by atoms with E-state index >= 15 is 0 Å². The maximum atomic E-state index is 12.9. The molecule has 0 bridgehead atoms. The number of hydrogen-bond donors (Lipinski definition) is 1. The summed E-state index contributed by atoms with van der Waals surface area (Å²) in [4.78, 5) is 17.4. The van der Waals surface area contributed by atoms with Crippen LogP contribution in [0.3, 0.4) is 0 Å². The summed E-state index contributed by atoms with van der Waals surface area (Å²) in [5.41, 5.74) is 8.38. The lowest BCUT2D eigenvalue weighted by molar-refractivity contribution is -0.137. The van der Waals surface area contributed by atoms with Crippen LogP contribution in [-0.4, -0.2) is 43.5 Å². The molecule has 0 radical (unpaired) electrons.